The lowest BCUT2D eigenvalue weighted by molar-refractivity contribution is -0.120. The minimum absolute atomic E-state index is 0.180. The van der Waals surface area contributed by atoms with Gasteiger partial charge in [-0.05, 0) is 44.0 Å². The van der Waals surface area contributed by atoms with Gasteiger partial charge in [0.1, 0.15) is 4.21 Å². The molecule has 1 unspecified atom stereocenters. The first-order valence-corrected chi connectivity index (χ1v) is 12.0. The Morgan fingerprint density at radius 1 is 1.27 bits per heavy atom. The number of hydrogen-bond acceptors (Lipinski definition) is 6. The van der Waals surface area contributed by atoms with E-state index in [2.05, 4.69) is 15.4 Å². The van der Waals surface area contributed by atoms with E-state index < -0.39 is 15.9 Å². The maximum atomic E-state index is 12.9. The van der Waals surface area contributed by atoms with Gasteiger partial charge in [-0.2, -0.15) is 9.40 Å². The summed E-state index contributed by atoms with van der Waals surface area (Å²) in [6.07, 6.45) is 4.80. The second-order valence-electron chi connectivity index (χ2n) is 7.28. The number of piperidine rings is 1. The third-order valence-corrected chi connectivity index (χ3v) is 8.34. The van der Waals surface area contributed by atoms with E-state index in [-0.39, 0.29) is 12.5 Å². The average Bonchev–Trinajstić information content (AvgIpc) is 3.38. The van der Waals surface area contributed by atoms with E-state index in [4.69, 9.17) is 0 Å². The van der Waals surface area contributed by atoms with E-state index in [1.54, 1.807) is 35.3 Å². The molecule has 1 fully saturated rings. The van der Waals surface area contributed by atoms with Gasteiger partial charge in [0, 0.05) is 36.4 Å². The summed E-state index contributed by atoms with van der Waals surface area (Å²) in [5.74, 6) is -0.166. The number of nitrogens with one attached hydrogen (secondary N) is 1. The van der Waals surface area contributed by atoms with E-state index in [1.807, 2.05) is 25.1 Å². The Morgan fingerprint density at radius 2 is 2.13 bits per heavy atom. The number of carbonyl (C=O) groups excluding carboxylic acids is 1. The zero-order chi connectivity index (χ0) is 21.1. The number of rotatable bonds is 6. The third-order valence-electron chi connectivity index (χ3n) is 5.01. The Morgan fingerprint density at radius 3 is 2.87 bits per heavy atom. The van der Waals surface area contributed by atoms with Crippen molar-refractivity contribution in [2.24, 2.45) is 5.92 Å². The first-order valence-electron chi connectivity index (χ1n) is 9.72. The van der Waals surface area contributed by atoms with Crippen LogP contribution in [0, 0.1) is 12.8 Å². The maximum absolute atomic E-state index is 12.9. The van der Waals surface area contributed by atoms with E-state index >= 15 is 0 Å². The predicted octanol–water partition coefficient (Wildman–Crippen LogP) is 2.74. The molecule has 0 radical (unpaired) electrons. The van der Waals surface area contributed by atoms with Crippen molar-refractivity contribution in [3.8, 4) is 0 Å². The van der Waals surface area contributed by atoms with Crippen molar-refractivity contribution in [3.05, 3.63) is 59.4 Å². The number of amides is 1. The molecule has 10 heteroatoms. The fraction of sp³-hybridized carbons (Fsp3) is 0.350. The first-order chi connectivity index (χ1) is 14.4. The highest BCUT2D eigenvalue weighted by molar-refractivity contribution is 7.91. The molecular weight excluding hydrogens is 422 g/mol. The van der Waals surface area contributed by atoms with Crippen molar-refractivity contribution in [2.75, 3.05) is 18.4 Å². The Hall–Kier alpha value is -2.56. The molecule has 158 valence electrons. The SMILES string of the molecule is Cc1ccc(S(=O)(=O)N2CCCC(C(=O)Nc3ccn(Cc4ccccn4)n3)C2)s1. The fourth-order valence-electron chi connectivity index (χ4n) is 3.46. The fourth-order valence-corrected chi connectivity index (χ4v) is 6.42. The van der Waals surface area contributed by atoms with Crippen molar-refractivity contribution in [1.29, 1.82) is 0 Å². The molecule has 0 bridgehead atoms. The van der Waals surface area contributed by atoms with Gasteiger partial charge in [0.25, 0.3) is 10.0 Å². The standard InChI is InChI=1S/C20H23N5O3S2/c1-15-7-8-19(29-15)30(27,28)25-11-4-5-16(13-25)20(26)22-18-9-12-24(23-18)14-17-6-2-3-10-21-17/h2-3,6-10,12,16H,4-5,11,13-14H2,1H3,(H,22,23,26). The lowest BCUT2D eigenvalue weighted by Gasteiger charge is -2.30. The summed E-state index contributed by atoms with van der Waals surface area (Å²) in [5, 5.41) is 7.20. The molecule has 4 rings (SSSR count). The number of thiophene rings is 1. The predicted molar refractivity (Wildman–Crippen MR) is 115 cm³/mol. The van der Waals surface area contributed by atoms with E-state index in [1.165, 1.54) is 15.6 Å². The van der Waals surface area contributed by atoms with Crippen molar-refractivity contribution >= 4 is 33.1 Å². The highest BCUT2D eigenvalue weighted by Gasteiger charge is 2.34. The first kappa shape index (κ1) is 20.7. The van der Waals surface area contributed by atoms with Gasteiger partial charge in [0.2, 0.25) is 5.91 Å². The minimum Gasteiger partial charge on any atom is -0.309 e. The summed E-state index contributed by atoms with van der Waals surface area (Å²) in [7, 11) is -3.57. The van der Waals surface area contributed by atoms with Crippen LogP contribution < -0.4 is 5.32 Å². The van der Waals surface area contributed by atoms with Crippen LogP contribution in [0.3, 0.4) is 0 Å². The topological polar surface area (TPSA) is 97.2 Å². The summed E-state index contributed by atoms with van der Waals surface area (Å²) < 4.78 is 29.2. The molecule has 3 aromatic heterocycles. The van der Waals surface area contributed by atoms with Gasteiger partial charge < -0.3 is 5.32 Å². The number of aromatic nitrogens is 3. The van der Waals surface area contributed by atoms with E-state index in [0.717, 1.165) is 10.6 Å². The van der Waals surface area contributed by atoms with Gasteiger partial charge in [0.15, 0.2) is 5.82 Å². The molecule has 0 aromatic carbocycles. The molecule has 0 saturated carbocycles. The van der Waals surface area contributed by atoms with E-state index in [9.17, 15) is 13.2 Å². The Bertz CT molecular complexity index is 1120. The summed E-state index contributed by atoms with van der Waals surface area (Å²) >= 11 is 1.26. The highest BCUT2D eigenvalue weighted by Crippen LogP contribution is 2.28. The number of aryl methyl sites for hydroxylation is 1. The van der Waals surface area contributed by atoms with Gasteiger partial charge in [0.05, 0.1) is 18.2 Å². The van der Waals surface area contributed by atoms with Crippen LogP contribution >= 0.6 is 11.3 Å². The molecule has 1 N–H and O–H groups in total. The van der Waals surface area contributed by atoms with Crippen LogP contribution in [0.1, 0.15) is 23.4 Å². The zero-order valence-electron chi connectivity index (χ0n) is 16.6. The van der Waals surface area contributed by atoms with Crippen LogP contribution in [-0.4, -0.2) is 46.5 Å². The minimum atomic E-state index is -3.57. The summed E-state index contributed by atoms with van der Waals surface area (Å²) in [6, 6.07) is 10.8. The smallest absolute Gasteiger partial charge is 0.252 e. The second kappa shape index (κ2) is 8.66. The number of pyridine rings is 1. The molecular formula is C20H23N5O3S2. The molecule has 0 spiro atoms. The molecule has 4 heterocycles. The number of nitrogens with zero attached hydrogens (tertiary/aromatic N) is 4. The Kier molecular flexibility index (Phi) is 5.98. The van der Waals surface area contributed by atoms with Crippen LogP contribution in [0.2, 0.25) is 0 Å². The molecule has 1 aliphatic rings. The van der Waals surface area contributed by atoms with Crippen LogP contribution in [0.5, 0.6) is 0 Å². The number of carbonyl (C=O) groups is 1. The second-order valence-corrected chi connectivity index (χ2v) is 10.7. The molecule has 1 saturated heterocycles. The summed E-state index contributed by atoms with van der Waals surface area (Å²) in [5.41, 5.74) is 0.871. The normalized spacial score (nSPS) is 17.7. The Labute approximate surface area is 179 Å². The van der Waals surface area contributed by atoms with Crippen molar-refractivity contribution in [2.45, 2.75) is 30.5 Å². The van der Waals surface area contributed by atoms with Gasteiger partial charge in [-0.15, -0.1) is 11.3 Å². The van der Waals surface area contributed by atoms with Gasteiger partial charge in [-0.1, -0.05) is 6.07 Å². The Balaban J connectivity index is 1.39. The third kappa shape index (κ3) is 4.61. The quantitative estimate of drug-likeness (QED) is 0.629. The lowest BCUT2D eigenvalue weighted by atomic mass is 9.99. The number of anilines is 1. The monoisotopic (exact) mass is 445 g/mol. The number of sulfonamides is 1. The lowest BCUT2D eigenvalue weighted by Crippen LogP contribution is -2.43. The highest BCUT2D eigenvalue weighted by atomic mass is 32.2. The van der Waals surface area contributed by atoms with Crippen LogP contribution in [0.25, 0.3) is 0 Å². The van der Waals surface area contributed by atoms with Gasteiger partial charge in [-0.25, -0.2) is 8.42 Å². The van der Waals surface area contributed by atoms with Gasteiger partial charge in [-0.3, -0.25) is 14.5 Å². The molecule has 30 heavy (non-hydrogen) atoms. The number of hydrogen-bond donors (Lipinski definition) is 1. The largest absolute Gasteiger partial charge is 0.309 e. The average molecular weight is 446 g/mol. The van der Waals surface area contributed by atoms with Crippen molar-refractivity contribution < 1.29 is 13.2 Å². The van der Waals surface area contributed by atoms with Gasteiger partial charge >= 0.3 is 0 Å². The summed E-state index contributed by atoms with van der Waals surface area (Å²) in [4.78, 5) is 18.0. The zero-order valence-corrected chi connectivity index (χ0v) is 18.2. The van der Waals surface area contributed by atoms with Crippen molar-refractivity contribution in [3.63, 3.8) is 0 Å². The maximum Gasteiger partial charge on any atom is 0.252 e. The van der Waals surface area contributed by atoms with E-state index in [0.29, 0.717) is 36.0 Å². The molecule has 1 amide bonds. The molecule has 8 nitrogen and oxygen atoms in total. The molecule has 1 aliphatic heterocycles. The molecule has 3 aromatic rings. The summed E-state index contributed by atoms with van der Waals surface area (Å²) in [6.45, 7) is 3.00. The van der Waals surface area contributed by atoms with Crippen molar-refractivity contribution in [1.82, 2.24) is 19.1 Å². The van der Waals surface area contributed by atoms with Crippen LogP contribution in [0.15, 0.2) is 53.0 Å². The van der Waals surface area contributed by atoms with Crippen LogP contribution in [-0.2, 0) is 21.4 Å². The van der Waals surface area contributed by atoms with Crippen LogP contribution in [0.4, 0.5) is 5.82 Å². The molecule has 1 atom stereocenters. The molecule has 0 aliphatic carbocycles.